The largest absolute Gasteiger partial charge is 0.465 e. The minimum atomic E-state index is -0.524. The van der Waals surface area contributed by atoms with Gasteiger partial charge in [-0.1, -0.05) is 0 Å². The fourth-order valence-electron chi connectivity index (χ4n) is 1.55. The van der Waals surface area contributed by atoms with E-state index in [2.05, 4.69) is 10.1 Å². The van der Waals surface area contributed by atoms with Crippen LogP contribution in [-0.2, 0) is 4.74 Å². The lowest BCUT2D eigenvalue weighted by atomic mass is 10.1. The van der Waals surface area contributed by atoms with Gasteiger partial charge in [-0.3, -0.25) is 0 Å². The van der Waals surface area contributed by atoms with Gasteiger partial charge in [0, 0.05) is 11.4 Å². The average Bonchev–Trinajstić information content (AvgIpc) is 2.38. The number of rotatable bonds is 5. The third-order valence-electron chi connectivity index (χ3n) is 2.60. The third-order valence-corrected chi connectivity index (χ3v) is 2.60. The van der Waals surface area contributed by atoms with Gasteiger partial charge in [0.2, 0.25) is 0 Å². The highest BCUT2D eigenvalue weighted by atomic mass is 16.5. The van der Waals surface area contributed by atoms with Crippen LogP contribution in [0.15, 0.2) is 12.1 Å². The lowest BCUT2D eigenvalue weighted by molar-refractivity contribution is 0.0602. The Labute approximate surface area is 105 Å². The number of nitrogens with two attached hydrogens (primary N) is 1. The van der Waals surface area contributed by atoms with E-state index in [4.69, 9.17) is 15.9 Å². The highest BCUT2D eigenvalue weighted by Crippen LogP contribution is 2.23. The van der Waals surface area contributed by atoms with Crippen LogP contribution in [0, 0.1) is 6.92 Å². The van der Waals surface area contributed by atoms with E-state index in [1.807, 2.05) is 0 Å². The number of anilines is 2. The summed E-state index contributed by atoms with van der Waals surface area (Å²) in [5.74, 6) is -0.524. The quantitative estimate of drug-likeness (QED) is 0.440. The molecule has 18 heavy (non-hydrogen) atoms. The summed E-state index contributed by atoms with van der Waals surface area (Å²) in [4.78, 5) is 11.5. The van der Waals surface area contributed by atoms with E-state index >= 15 is 0 Å². The highest BCUT2D eigenvalue weighted by Gasteiger charge is 2.14. The molecule has 0 spiro atoms. The van der Waals surface area contributed by atoms with Crippen LogP contribution in [0.2, 0.25) is 0 Å². The van der Waals surface area contributed by atoms with Gasteiger partial charge in [-0.05, 0) is 24.6 Å². The van der Waals surface area contributed by atoms with E-state index in [1.165, 1.54) is 13.2 Å². The number of carbonyl (C=O) groups is 1. The molecule has 0 fully saturated rings. The van der Waals surface area contributed by atoms with Gasteiger partial charge >= 0.3 is 5.97 Å². The Bertz CT molecular complexity index is 430. The number of hydrogen-bond donors (Lipinski definition) is 4. The molecule has 5 N–H and O–H groups in total. The molecule has 100 valence electrons. The molecule has 0 aliphatic heterocycles. The van der Waals surface area contributed by atoms with Crippen molar-refractivity contribution in [3.63, 3.8) is 0 Å². The van der Waals surface area contributed by atoms with Gasteiger partial charge in [0.25, 0.3) is 0 Å². The number of ether oxygens (including phenoxy) is 1. The first-order chi connectivity index (χ1) is 8.53. The van der Waals surface area contributed by atoms with Crippen molar-refractivity contribution in [1.29, 1.82) is 0 Å². The van der Waals surface area contributed by atoms with E-state index in [9.17, 15) is 4.79 Å². The summed E-state index contributed by atoms with van der Waals surface area (Å²) in [5, 5.41) is 20.9. The Morgan fingerprint density at radius 2 is 2.06 bits per heavy atom. The predicted octanol–water partition coefficient (Wildman–Crippen LogP) is 0.129. The second-order valence-corrected chi connectivity index (χ2v) is 3.95. The Balaban J connectivity index is 3.08. The number of carbonyl (C=O) groups excluding carboxylic acids is 1. The average molecular weight is 254 g/mol. The molecule has 0 bridgehead atoms. The minimum absolute atomic E-state index is 0.215. The summed E-state index contributed by atoms with van der Waals surface area (Å²) in [6, 6.07) is 2.78. The number of aliphatic hydroxyl groups excluding tert-OH is 2. The molecule has 1 aromatic carbocycles. The smallest absolute Gasteiger partial charge is 0.340 e. The van der Waals surface area contributed by atoms with Crippen molar-refractivity contribution in [2.45, 2.75) is 13.0 Å². The lowest BCUT2D eigenvalue weighted by Gasteiger charge is -2.17. The van der Waals surface area contributed by atoms with Gasteiger partial charge in [0.05, 0.1) is 31.9 Å². The van der Waals surface area contributed by atoms with Crippen LogP contribution < -0.4 is 11.1 Å². The summed E-state index contributed by atoms with van der Waals surface area (Å²) in [6.45, 7) is 1.33. The summed E-state index contributed by atoms with van der Waals surface area (Å²) < 4.78 is 4.64. The molecule has 0 heterocycles. The number of esters is 1. The number of nitrogens with one attached hydrogen (secondary N) is 1. The van der Waals surface area contributed by atoms with Crippen LogP contribution in [0.25, 0.3) is 0 Å². The van der Waals surface area contributed by atoms with Crippen molar-refractivity contribution in [2.24, 2.45) is 0 Å². The number of methoxy groups -OCH3 is 1. The molecule has 0 unspecified atom stereocenters. The van der Waals surface area contributed by atoms with Gasteiger partial charge in [-0.25, -0.2) is 4.79 Å². The molecular weight excluding hydrogens is 236 g/mol. The standard InChI is InChI=1S/C12H18N2O4/c1-7-3-8(14-9(5-15)6-16)4-10(11(7)13)12(17)18-2/h3-4,9,14-16H,5-6,13H2,1-2H3. The Hall–Kier alpha value is -1.79. The molecule has 1 rings (SSSR count). The molecule has 1 aromatic rings. The van der Waals surface area contributed by atoms with Crippen LogP contribution in [0.3, 0.4) is 0 Å². The monoisotopic (exact) mass is 254 g/mol. The van der Waals surface area contributed by atoms with Crippen molar-refractivity contribution in [2.75, 3.05) is 31.4 Å². The molecular formula is C12H18N2O4. The van der Waals surface area contributed by atoms with Crippen LogP contribution >= 0.6 is 0 Å². The first-order valence-corrected chi connectivity index (χ1v) is 5.50. The molecule has 0 saturated heterocycles. The third kappa shape index (κ3) is 3.12. The zero-order valence-corrected chi connectivity index (χ0v) is 10.4. The Kier molecular flexibility index (Phi) is 4.94. The normalized spacial score (nSPS) is 10.5. The highest BCUT2D eigenvalue weighted by molar-refractivity contribution is 5.97. The van der Waals surface area contributed by atoms with E-state index in [-0.39, 0.29) is 18.8 Å². The number of aliphatic hydroxyl groups is 2. The zero-order chi connectivity index (χ0) is 13.7. The topological polar surface area (TPSA) is 105 Å². The van der Waals surface area contributed by atoms with Gasteiger partial charge in [-0.15, -0.1) is 0 Å². The fraction of sp³-hybridized carbons (Fsp3) is 0.417. The number of benzene rings is 1. The van der Waals surface area contributed by atoms with Crippen molar-refractivity contribution < 1.29 is 19.7 Å². The molecule has 6 heteroatoms. The van der Waals surface area contributed by atoms with Crippen LogP contribution in [0.1, 0.15) is 15.9 Å². The van der Waals surface area contributed by atoms with Crippen LogP contribution in [0.5, 0.6) is 0 Å². The second kappa shape index (κ2) is 6.23. The zero-order valence-electron chi connectivity index (χ0n) is 10.4. The van der Waals surface area contributed by atoms with Crippen molar-refractivity contribution >= 4 is 17.3 Å². The molecule has 0 aliphatic carbocycles. The lowest BCUT2D eigenvalue weighted by Crippen LogP contribution is -2.27. The summed E-state index contributed by atoms with van der Waals surface area (Å²) in [5.41, 5.74) is 7.72. The molecule has 0 atom stereocenters. The van der Waals surface area contributed by atoms with Crippen molar-refractivity contribution in [3.8, 4) is 0 Å². The Morgan fingerprint density at radius 1 is 1.44 bits per heavy atom. The van der Waals surface area contributed by atoms with Crippen molar-refractivity contribution in [3.05, 3.63) is 23.3 Å². The molecule has 6 nitrogen and oxygen atoms in total. The maximum Gasteiger partial charge on any atom is 0.340 e. The van der Waals surface area contributed by atoms with Gasteiger partial charge < -0.3 is 26.0 Å². The molecule has 0 amide bonds. The number of hydrogen-bond acceptors (Lipinski definition) is 6. The maximum absolute atomic E-state index is 11.5. The molecule has 0 aliphatic rings. The van der Waals surface area contributed by atoms with E-state index in [0.717, 1.165) is 5.56 Å². The fourth-order valence-corrected chi connectivity index (χ4v) is 1.55. The van der Waals surface area contributed by atoms with Gasteiger partial charge in [-0.2, -0.15) is 0 Å². The number of nitrogen functional groups attached to an aromatic ring is 1. The molecule has 0 radical (unpaired) electrons. The summed E-state index contributed by atoms with van der Waals surface area (Å²) in [7, 11) is 1.28. The van der Waals surface area contributed by atoms with Gasteiger partial charge in [0.15, 0.2) is 0 Å². The van der Waals surface area contributed by atoms with Gasteiger partial charge in [0.1, 0.15) is 0 Å². The maximum atomic E-state index is 11.5. The second-order valence-electron chi connectivity index (χ2n) is 3.95. The SMILES string of the molecule is COC(=O)c1cc(NC(CO)CO)cc(C)c1N. The van der Waals surface area contributed by atoms with E-state index < -0.39 is 12.0 Å². The van der Waals surface area contributed by atoms with E-state index in [0.29, 0.717) is 11.4 Å². The minimum Gasteiger partial charge on any atom is -0.465 e. The van der Waals surface area contributed by atoms with Crippen LogP contribution in [0.4, 0.5) is 11.4 Å². The summed E-state index contributed by atoms with van der Waals surface area (Å²) in [6.07, 6.45) is 0. The molecule has 0 saturated carbocycles. The van der Waals surface area contributed by atoms with Crippen molar-refractivity contribution in [1.82, 2.24) is 0 Å². The first kappa shape index (κ1) is 14.3. The van der Waals surface area contributed by atoms with Crippen LogP contribution in [-0.4, -0.2) is 42.5 Å². The number of aryl methyl sites for hydroxylation is 1. The first-order valence-electron chi connectivity index (χ1n) is 5.50. The predicted molar refractivity (Wildman–Crippen MR) is 68.5 cm³/mol. The Morgan fingerprint density at radius 3 is 2.56 bits per heavy atom. The van der Waals surface area contributed by atoms with E-state index in [1.54, 1.807) is 13.0 Å². The molecule has 0 aromatic heterocycles. The summed E-state index contributed by atoms with van der Waals surface area (Å²) >= 11 is 0.